The van der Waals surface area contributed by atoms with E-state index in [1.807, 2.05) is 103 Å². The largest absolute Gasteiger partial charge is 0.496 e. The molecule has 42 heavy (non-hydrogen) atoms. The van der Waals surface area contributed by atoms with Crippen molar-refractivity contribution in [1.29, 1.82) is 0 Å². The number of amides is 1. The fourth-order valence-electron chi connectivity index (χ4n) is 4.81. The van der Waals surface area contributed by atoms with Gasteiger partial charge in [0.2, 0.25) is 0 Å². The summed E-state index contributed by atoms with van der Waals surface area (Å²) >= 11 is 14.7. The van der Waals surface area contributed by atoms with Gasteiger partial charge in [0.25, 0.3) is 5.91 Å². The number of aliphatic imine (C=N–C) groups is 1. The summed E-state index contributed by atoms with van der Waals surface area (Å²) in [5.41, 5.74) is 3.97. The summed E-state index contributed by atoms with van der Waals surface area (Å²) in [7, 11) is 5.61. The van der Waals surface area contributed by atoms with Crippen LogP contribution in [0, 0.1) is 0 Å². The first kappa shape index (κ1) is 33.8. The van der Waals surface area contributed by atoms with Gasteiger partial charge in [-0.3, -0.25) is 4.79 Å². The van der Waals surface area contributed by atoms with Crippen LogP contribution in [0.1, 0.15) is 22.7 Å². The Balaban J connectivity index is 0.00000242. The molecule has 2 aliphatic rings. The summed E-state index contributed by atoms with van der Waals surface area (Å²) in [6, 6.07) is 22.9. The predicted octanol–water partition coefficient (Wildman–Crippen LogP) is 7.48. The maximum Gasteiger partial charge on any atom is 0.251 e. The van der Waals surface area contributed by atoms with Crippen LogP contribution in [0.25, 0.3) is 4.91 Å². The molecule has 2 heterocycles. The number of thioether (sulfide) groups is 1. The van der Waals surface area contributed by atoms with E-state index in [0.717, 1.165) is 33.3 Å². The quantitative estimate of drug-likeness (QED) is 0.257. The molecule has 0 bridgehead atoms. The van der Waals surface area contributed by atoms with Crippen LogP contribution in [0.2, 0.25) is 10.0 Å². The molecule has 0 saturated carbocycles. The Bertz CT molecular complexity index is 1490. The lowest BCUT2D eigenvalue weighted by Crippen LogP contribution is -2.40. The number of halogens is 4. The lowest BCUT2D eigenvalue weighted by molar-refractivity contribution is -0.118. The van der Waals surface area contributed by atoms with E-state index in [4.69, 9.17) is 32.9 Å². The summed E-state index contributed by atoms with van der Waals surface area (Å²) in [5.74, 6) is 0.531. The second kappa shape index (κ2) is 15.2. The van der Waals surface area contributed by atoms with Crippen LogP contribution in [0.15, 0.2) is 95.3 Å². The zero-order valence-electron chi connectivity index (χ0n) is 23.3. The molecule has 1 atom stereocenters. The third-order valence-corrected chi connectivity index (χ3v) is 8.36. The van der Waals surface area contributed by atoms with Crippen LogP contribution in [0.4, 0.5) is 0 Å². The maximum absolute atomic E-state index is 14.0. The molecule has 0 fully saturated rings. The topological polar surface area (TPSA) is 57.2 Å². The van der Waals surface area contributed by atoms with E-state index in [9.17, 15) is 4.79 Å². The van der Waals surface area contributed by atoms with E-state index in [2.05, 4.69) is 5.32 Å². The van der Waals surface area contributed by atoms with Crippen molar-refractivity contribution in [2.45, 2.75) is 12.5 Å². The number of nitrogens with one attached hydrogen (secondary N) is 1. The van der Waals surface area contributed by atoms with Gasteiger partial charge in [-0.1, -0.05) is 77.8 Å². The Morgan fingerprint density at radius 1 is 1.00 bits per heavy atom. The molecule has 0 spiro atoms. The van der Waals surface area contributed by atoms with E-state index in [1.54, 1.807) is 7.11 Å². The molecular weight excluding hydrogens is 634 g/mol. The van der Waals surface area contributed by atoms with Crippen LogP contribution in [-0.4, -0.2) is 55.2 Å². The van der Waals surface area contributed by atoms with Gasteiger partial charge < -0.3 is 19.9 Å². The molecule has 1 amide bonds. The fourth-order valence-corrected chi connectivity index (χ4v) is 6.63. The first-order valence-electron chi connectivity index (χ1n) is 12.9. The number of nitrogens with zero attached hydrogens (tertiary/aromatic N) is 3. The maximum atomic E-state index is 14.0. The summed E-state index contributed by atoms with van der Waals surface area (Å²) in [6.45, 7) is 1.23. The number of allylic oxidation sites excluding steroid dienone is 1. The number of carbonyl (C=O) groups is 1. The average molecular weight is 667 g/mol. The Morgan fingerprint density at radius 3 is 2.33 bits per heavy atom. The Morgan fingerprint density at radius 2 is 1.67 bits per heavy atom. The van der Waals surface area contributed by atoms with Crippen LogP contribution in [0.3, 0.4) is 0 Å². The predicted molar refractivity (Wildman–Crippen MR) is 180 cm³/mol. The minimum absolute atomic E-state index is 0. The van der Waals surface area contributed by atoms with E-state index in [-0.39, 0.29) is 30.7 Å². The van der Waals surface area contributed by atoms with Gasteiger partial charge in [0.15, 0.2) is 5.17 Å². The molecule has 5 rings (SSSR count). The van der Waals surface area contributed by atoms with Gasteiger partial charge in [-0.15, -0.1) is 24.8 Å². The molecule has 0 aliphatic carbocycles. The second-order valence-corrected chi connectivity index (χ2v) is 11.5. The summed E-state index contributed by atoms with van der Waals surface area (Å²) in [4.78, 5) is 24.0. The molecule has 1 unspecified atom stereocenters. The van der Waals surface area contributed by atoms with Crippen molar-refractivity contribution in [2.75, 3.05) is 34.3 Å². The van der Waals surface area contributed by atoms with Gasteiger partial charge in [-0.2, -0.15) is 0 Å². The number of methoxy groups -OCH3 is 1. The first-order valence-corrected chi connectivity index (χ1v) is 14.5. The summed E-state index contributed by atoms with van der Waals surface area (Å²) in [6.07, 6.45) is 2.49. The minimum Gasteiger partial charge on any atom is -0.496 e. The van der Waals surface area contributed by atoms with Crippen molar-refractivity contribution in [2.24, 2.45) is 4.99 Å². The third-order valence-electron chi connectivity index (χ3n) is 6.72. The number of hydrogen-bond acceptors (Lipinski definition) is 6. The highest BCUT2D eigenvalue weighted by Crippen LogP contribution is 2.50. The van der Waals surface area contributed by atoms with Crippen molar-refractivity contribution < 1.29 is 9.53 Å². The van der Waals surface area contributed by atoms with E-state index >= 15 is 0 Å². The molecule has 1 N–H and O–H groups in total. The number of ether oxygens (including phenoxy) is 1. The fraction of sp³-hybridized carbons (Fsp3) is 0.226. The van der Waals surface area contributed by atoms with E-state index in [1.165, 1.54) is 11.8 Å². The molecular formula is C31H32Cl4N4O2S. The van der Waals surface area contributed by atoms with E-state index < -0.39 is 6.04 Å². The Labute approximate surface area is 273 Å². The van der Waals surface area contributed by atoms with Crippen molar-refractivity contribution in [3.63, 3.8) is 0 Å². The lowest BCUT2D eigenvalue weighted by atomic mass is 9.91. The van der Waals surface area contributed by atoms with Gasteiger partial charge in [0.1, 0.15) is 5.75 Å². The normalized spacial score (nSPS) is 15.8. The van der Waals surface area contributed by atoms with Crippen LogP contribution in [-0.2, 0) is 11.2 Å². The van der Waals surface area contributed by atoms with Gasteiger partial charge in [-0.05, 0) is 49.6 Å². The molecule has 6 nitrogen and oxygen atoms in total. The smallest absolute Gasteiger partial charge is 0.251 e. The van der Waals surface area contributed by atoms with Crippen molar-refractivity contribution >= 4 is 75.8 Å². The van der Waals surface area contributed by atoms with E-state index in [0.29, 0.717) is 40.0 Å². The highest BCUT2D eigenvalue weighted by molar-refractivity contribution is 8.22. The minimum atomic E-state index is -0.479. The lowest BCUT2D eigenvalue weighted by Gasteiger charge is -2.35. The zero-order valence-corrected chi connectivity index (χ0v) is 27.3. The molecule has 3 aromatic carbocycles. The standard InChI is InChI=1S/C31H30Cl2N4O2S.2ClH/c1-36(2)17-16-34-30(38)28-24(18-20-10-5-4-6-11-20)35-31-37(29(28)21-12-7-8-15-25(21)39-3)19-26(40-31)27-22(32)13-9-14-23(27)33;;/h4-15,19,29H,16-18H2,1-3H3,(H,34,38);2*1H. The molecule has 222 valence electrons. The van der Waals surface area contributed by atoms with Gasteiger partial charge in [-0.25, -0.2) is 4.99 Å². The molecule has 3 aromatic rings. The number of hydrogen-bond donors (Lipinski definition) is 1. The number of fused-ring (bicyclic) bond motifs is 1. The van der Waals surface area contributed by atoms with Gasteiger partial charge >= 0.3 is 0 Å². The number of rotatable bonds is 9. The van der Waals surface area contributed by atoms with Crippen molar-refractivity contribution in [1.82, 2.24) is 15.1 Å². The number of likely N-dealkylation sites (N-methyl/N-ethyl adjacent to an activating group) is 1. The van der Waals surface area contributed by atoms with Gasteiger partial charge in [0.05, 0.1) is 34.5 Å². The molecule has 2 aliphatic heterocycles. The number of amidine groups is 1. The molecule has 11 heteroatoms. The highest BCUT2D eigenvalue weighted by atomic mass is 35.5. The average Bonchev–Trinajstić information content (AvgIpc) is 3.35. The second-order valence-electron chi connectivity index (χ2n) is 9.72. The SMILES string of the molecule is COc1ccccc1C1C(C(=O)NCCN(C)C)=C(Cc2ccccc2)N=C2SC(c3c(Cl)cccc3Cl)=CN21.Cl.Cl. The molecule has 0 radical (unpaired) electrons. The summed E-state index contributed by atoms with van der Waals surface area (Å²) in [5, 5.41) is 4.99. The van der Waals surface area contributed by atoms with Crippen LogP contribution in [0.5, 0.6) is 5.75 Å². The Kier molecular flexibility index (Phi) is 12.2. The zero-order chi connectivity index (χ0) is 28.2. The third kappa shape index (κ3) is 7.28. The van der Waals surface area contributed by atoms with Gasteiger partial charge in [0, 0.05) is 41.7 Å². The summed E-state index contributed by atoms with van der Waals surface area (Å²) < 4.78 is 5.79. The first-order chi connectivity index (χ1) is 19.4. The van der Waals surface area contributed by atoms with Crippen molar-refractivity contribution in [3.8, 4) is 5.75 Å². The number of benzene rings is 3. The van der Waals surface area contributed by atoms with Crippen LogP contribution < -0.4 is 10.1 Å². The monoisotopic (exact) mass is 664 g/mol. The highest BCUT2D eigenvalue weighted by Gasteiger charge is 2.41. The van der Waals surface area contributed by atoms with Crippen LogP contribution >= 0.6 is 59.8 Å². The Hall–Kier alpha value is -2.65. The number of carbonyl (C=O) groups excluding carboxylic acids is 1. The number of para-hydroxylation sites is 1. The molecule has 0 aromatic heterocycles. The molecule has 0 saturated heterocycles. The van der Waals surface area contributed by atoms with Crippen molar-refractivity contribution in [3.05, 3.63) is 117 Å².